The summed E-state index contributed by atoms with van der Waals surface area (Å²) in [6.45, 7) is 0. The summed E-state index contributed by atoms with van der Waals surface area (Å²) in [4.78, 5) is 23.9. The van der Waals surface area contributed by atoms with Gasteiger partial charge in [0, 0.05) is 6.20 Å². The third kappa shape index (κ3) is 3.73. The number of imidazole rings is 1. The summed E-state index contributed by atoms with van der Waals surface area (Å²) in [5, 5.41) is 2.92. The zero-order chi connectivity index (χ0) is 16.9. The van der Waals surface area contributed by atoms with Gasteiger partial charge in [-0.1, -0.05) is 12.1 Å². The number of nitrogens with one attached hydrogen (secondary N) is 2. The average molecular weight is 344 g/mol. The summed E-state index contributed by atoms with van der Waals surface area (Å²) >= 11 is 1.69. The average Bonchev–Trinajstić information content (AvgIpc) is 3.02. The van der Waals surface area contributed by atoms with E-state index >= 15 is 0 Å². The van der Waals surface area contributed by atoms with E-state index < -0.39 is 5.82 Å². The first-order valence-corrected chi connectivity index (χ1v) is 8.92. The van der Waals surface area contributed by atoms with Crippen LogP contribution in [0.25, 0.3) is 11.0 Å². The minimum atomic E-state index is -0.535. The van der Waals surface area contributed by atoms with Crippen LogP contribution in [0.15, 0.2) is 42.7 Å². The summed E-state index contributed by atoms with van der Waals surface area (Å²) in [5.41, 5.74) is 1.96. The molecule has 2 heterocycles. The Morgan fingerprint density at radius 3 is 2.96 bits per heavy atom. The predicted octanol–water partition coefficient (Wildman–Crippen LogP) is 3.32. The first-order valence-electron chi connectivity index (χ1n) is 7.52. The van der Waals surface area contributed by atoms with Gasteiger partial charge in [0.2, 0.25) is 0 Å². The van der Waals surface area contributed by atoms with E-state index in [1.54, 1.807) is 11.8 Å². The number of aromatic nitrogens is 3. The zero-order valence-electron chi connectivity index (χ0n) is 13.1. The largest absolute Gasteiger partial charge is 0.342 e. The monoisotopic (exact) mass is 344 g/mol. The highest BCUT2D eigenvalue weighted by Gasteiger charge is 2.19. The fraction of sp³-hybridized carbons (Fsp3) is 0.235. The Labute approximate surface area is 143 Å². The Morgan fingerprint density at radius 1 is 1.38 bits per heavy atom. The number of hydrogen-bond acceptors (Lipinski definition) is 4. The first-order chi connectivity index (χ1) is 11.7. The van der Waals surface area contributed by atoms with Crippen molar-refractivity contribution in [1.82, 2.24) is 20.3 Å². The molecule has 1 atom stereocenters. The lowest BCUT2D eigenvalue weighted by Crippen LogP contribution is -2.30. The number of fused-ring (bicyclic) bond motifs is 1. The molecule has 2 N–H and O–H groups in total. The molecule has 1 unspecified atom stereocenters. The highest BCUT2D eigenvalue weighted by Crippen LogP contribution is 2.20. The van der Waals surface area contributed by atoms with Gasteiger partial charge in [-0.25, -0.2) is 9.37 Å². The summed E-state index contributed by atoms with van der Waals surface area (Å²) < 4.78 is 13.3. The van der Waals surface area contributed by atoms with E-state index in [1.165, 1.54) is 12.3 Å². The van der Waals surface area contributed by atoms with Crippen molar-refractivity contribution in [3.8, 4) is 0 Å². The van der Waals surface area contributed by atoms with Gasteiger partial charge >= 0.3 is 0 Å². The van der Waals surface area contributed by atoms with Crippen LogP contribution in [0.5, 0.6) is 0 Å². The van der Waals surface area contributed by atoms with E-state index in [0.29, 0.717) is 5.82 Å². The molecule has 0 saturated carbocycles. The third-order valence-corrected chi connectivity index (χ3v) is 4.26. The van der Waals surface area contributed by atoms with Gasteiger partial charge in [0.15, 0.2) is 0 Å². The molecule has 0 fully saturated rings. The Morgan fingerprint density at radius 2 is 2.21 bits per heavy atom. The second-order valence-electron chi connectivity index (χ2n) is 5.34. The molecule has 7 heteroatoms. The molecule has 0 radical (unpaired) electrons. The number of para-hydroxylation sites is 2. The van der Waals surface area contributed by atoms with Crippen molar-refractivity contribution in [2.45, 2.75) is 12.5 Å². The molecule has 3 aromatic rings. The topological polar surface area (TPSA) is 70.7 Å². The summed E-state index contributed by atoms with van der Waals surface area (Å²) in [7, 11) is 0. The number of aromatic amines is 1. The molecule has 0 aliphatic carbocycles. The number of halogens is 1. The summed E-state index contributed by atoms with van der Waals surface area (Å²) in [5.74, 6) is 0.659. The predicted molar refractivity (Wildman–Crippen MR) is 93.5 cm³/mol. The maximum absolute atomic E-state index is 13.3. The van der Waals surface area contributed by atoms with E-state index in [1.807, 2.05) is 30.5 Å². The quantitative estimate of drug-likeness (QED) is 0.720. The number of carbonyl (C=O) groups is 1. The molecule has 0 spiro atoms. The van der Waals surface area contributed by atoms with Gasteiger partial charge in [-0.2, -0.15) is 11.8 Å². The van der Waals surface area contributed by atoms with Gasteiger partial charge in [-0.3, -0.25) is 9.78 Å². The van der Waals surface area contributed by atoms with Crippen LogP contribution in [0, 0.1) is 5.82 Å². The standard InChI is InChI=1S/C17H17FN4OS/c1-24-7-6-15(16-20-13-4-2-3-5-14(13)21-16)22-17(23)11-8-12(18)10-19-9-11/h2-5,8-10,15H,6-7H2,1H3,(H,20,21)(H,22,23). The smallest absolute Gasteiger partial charge is 0.253 e. The number of thioether (sulfide) groups is 1. The molecule has 1 amide bonds. The molecule has 0 aliphatic rings. The van der Waals surface area contributed by atoms with Crippen LogP contribution >= 0.6 is 11.8 Å². The second kappa shape index (κ2) is 7.44. The normalized spacial score (nSPS) is 12.2. The molecule has 0 saturated heterocycles. The molecule has 24 heavy (non-hydrogen) atoms. The molecule has 2 aromatic heterocycles. The molecule has 3 rings (SSSR count). The van der Waals surface area contributed by atoms with Crippen LogP contribution in [-0.4, -0.2) is 32.9 Å². The van der Waals surface area contributed by atoms with E-state index in [0.717, 1.165) is 29.4 Å². The van der Waals surface area contributed by atoms with Crippen LogP contribution in [0.1, 0.15) is 28.6 Å². The second-order valence-corrected chi connectivity index (χ2v) is 6.32. The lowest BCUT2D eigenvalue weighted by atomic mass is 10.2. The fourth-order valence-corrected chi connectivity index (χ4v) is 2.90. The molecular formula is C17H17FN4OS. The first kappa shape index (κ1) is 16.4. The summed E-state index contributed by atoms with van der Waals surface area (Å²) in [6, 6.07) is 8.60. The minimum Gasteiger partial charge on any atom is -0.342 e. The van der Waals surface area contributed by atoms with Crippen molar-refractivity contribution in [3.63, 3.8) is 0 Å². The lowest BCUT2D eigenvalue weighted by Gasteiger charge is -2.16. The number of nitrogens with zero attached hydrogens (tertiary/aromatic N) is 2. The molecule has 0 aliphatic heterocycles. The maximum Gasteiger partial charge on any atom is 0.253 e. The van der Waals surface area contributed by atoms with Gasteiger partial charge < -0.3 is 10.3 Å². The molecular weight excluding hydrogens is 327 g/mol. The Kier molecular flexibility index (Phi) is 5.10. The Hall–Kier alpha value is -2.41. The molecule has 0 bridgehead atoms. The maximum atomic E-state index is 13.3. The van der Waals surface area contributed by atoms with E-state index in [-0.39, 0.29) is 17.5 Å². The molecule has 5 nitrogen and oxygen atoms in total. The number of hydrogen-bond donors (Lipinski definition) is 2. The van der Waals surface area contributed by atoms with Crippen LogP contribution in [0.2, 0.25) is 0 Å². The van der Waals surface area contributed by atoms with Crippen LogP contribution in [0.4, 0.5) is 4.39 Å². The van der Waals surface area contributed by atoms with Gasteiger partial charge in [0.25, 0.3) is 5.91 Å². The number of carbonyl (C=O) groups excluding carboxylic acids is 1. The van der Waals surface area contributed by atoms with Gasteiger partial charge in [-0.05, 0) is 36.6 Å². The van der Waals surface area contributed by atoms with Crippen molar-refractivity contribution in [1.29, 1.82) is 0 Å². The van der Waals surface area contributed by atoms with Crippen molar-refractivity contribution >= 4 is 28.7 Å². The summed E-state index contributed by atoms with van der Waals surface area (Å²) in [6.07, 6.45) is 5.15. The van der Waals surface area contributed by atoms with Crippen molar-refractivity contribution < 1.29 is 9.18 Å². The highest BCUT2D eigenvalue weighted by atomic mass is 32.2. The van der Waals surface area contributed by atoms with Crippen molar-refractivity contribution in [2.75, 3.05) is 12.0 Å². The molecule has 1 aromatic carbocycles. The number of amides is 1. The van der Waals surface area contributed by atoms with Crippen LogP contribution in [0.3, 0.4) is 0 Å². The van der Waals surface area contributed by atoms with E-state index in [9.17, 15) is 9.18 Å². The Balaban J connectivity index is 1.84. The van der Waals surface area contributed by atoms with E-state index in [2.05, 4.69) is 20.3 Å². The fourth-order valence-electron chi connectivity index (χ4n) is 2.43. The zero-order valence-corrected chi connectivity index (χ0v) is 13.9. The van der Waals surface area contributed by atoms with Crippen molar-refractivity contribution in [3.05, 3.63) is 59.9 Å². The van der Waals surface area contributed by atoms with Gasteiger partial charge in [0.05, 0.1) is 28.8 Å². The lowest BCUT2D eigenvalue weighted by molar-refractivity contribution is 0.0933. The van der Waals surface area contributed by atoms with E-state index in [4.69, 9.17) is 0 Å². The molecule has 124 valence electrons. The number of benzene rings is 1. The van der Waals surface area contributed by atoms with Crippen LogP contribution in [-0.2, 0) is 0 Å². The third-order valence-electron chi connectivity index (χ3n) is 3.62. The number of pyridine rings is 1. The number of H-pyrrole nitrogens is 1. The van der Waals surface area contributed by atoms with Crippen molar-refractivity contribution in [2.24, 2.45) is 0 Å². The Bertz CT molecular complexity index is 818. The SMILES string of the molecule is CSCCC(NC(=O)c1cncc(F)c1)c1nc2ccccc2[nH]1. The van der Waals surface area contributed by atoms with Gasteiger partial charge in [0.1, 0.15) is 11.6 Å². The minimum absolute atomic E-state index is 0.195. The highest BCUT2D eigenvalue weighted by molar-refractivity contribution is 7.98. The number of rotatable bonds is 6. The van der Waals surface area contributed by atoms with Crippen LogP contribution < -0.4 is 5.32 Å². The van der Waals surface area contributed by atoms with Gasteiger partial charge in [-0.15, -0.1) is 0 Å².